The van der Waals surface area contributed by atoms with E-state index in [4.69, 9.17) is 0 Å². The van der Waals surface area contributed by atoms with Crippen LogP contribution in [-0.2, 0) is 0 Å². The number of pyridine rings is 1. The van der Waals surface area contributed by atoms with Crippen LogP contribution in [-0.4, -0.2) is 46.5 Å². The standard InChI is InChI=1S/C16H23FN4O2/c1-16(2,3)20-15(23)21-8-5-11(6-9-21)19-14(22)12-4-7-18-10-13(12)17/h4,7,10-11H,5-6,8-9H2,1-3H3,(H,19,22)(H,20,23). The number of aromatic nitrogens is 1. The highest BCUT2D eigenvalue weighted by Gasteiger charge is 2.26. The summed E-state index contributed by atoms with van der Waals surface area (Å²) in [5, 5.41) is 5.74. The molecule has 23 heavy (non-hydrogen) atoms. The van der Waals surface area contributed by atoms with Crippen molar-refractivity contribution in [1.82, 2.24) is 20.5 Å². The third-order valence-electron chi connectivity index (χ3n) is 3.62. The molecule has 0 bridgehead atoms. The fraction of sp³-hybridized carbons (Fsp3) is 0.562. The molecule has 2 heterocycles. The lowest BCUT2D eigenvalue weighted by molar-refractivity contribution is 0.0913. The number of nitrogens with zero attached hydrogens (tertiary/aromatic N) is 2. The number of carbonyl (C=O) groups excluding carboxylic acids is 2. The number of amides is 3. The summed E-state index contributed by atoms with van der Waals surface area (Å²) in [5.74, 6) is -1.07. The third-order valence-corrected chi connectivity index (χ3v) is 3.62. The maximum absolute atomic E-state index is 13.5. The second kappa shape index (κ2) is 6.93. The normalized spacial score (nSPS) is 16.1. The van der Waals surface area contributed by atoms with Crippen molar-refractivity contribution in [2.45, 2.75) is 45.2 Å². The zero-order chi connectivity index (χ0) is 17.0. The van der Waals surface area contributed by atoms with Gasteiger partial charge >= 0.3 is 6.03 Å². The minimum Gasteiger partial charge on any atom is -0.349 e. The van der Waals surface area contributed by atoms with Gasteiger partial charge < -0.3 is 15.5 Å². The molecule has 0 saturated carbocycles. The molecule has 0 atom stereocenters. The Morgan fingerprint density at radius 1 is 1.30 bits per heavy atom. The first kappa shape index (κ1) is 17.2. The quantitative estimate of drug-likeness (QED) is 0.873. The van der Waals surface area contributed by atoms with Crippen molar-refractivity contribution in [1.29, 1.82) is 0 Å². The molecule has 2 N–H and O–H groups in total. The van der Waals surface area contributed by atoms with Gasteiger partial charge in [-0.3, -0.25) is 9.78 Å². The summed E-state index contributed by atoms with van der Waals surface area (Å²) >= 11 is 0. The topological polar surface area (TPSA) is 74.3 Å². The molecule has 7 heteroatoms. The molecule has 126 valence electrons. The number of urea groups is 1. The largest absolute Gasteiger partial charge is 0.349 e. The summed E-state index contributed by atoms with van der Waals surface area (Å²) in [6.07, 6.45) is 3.71. The van der Waals surface area contributed by atoms with Crippen molar-refractivity contribution in [2.24, 2.45) is 0 Å². The molecule has 0 radical (unpaired) electrons. The molecule has 1 aromatic heterocycles. The van der Waals surface area contributed by atoms with Crippen molar-refractivity contribution in [3.05, 3.63) is 29.8 Å². The molecule has 3 amide bonds. The average molecular weight is 322 g/mol. The fourth-order valence-electron chi connectivity index (χ4n) is 2.45. The van der Waals surface area contributed by atoms with E-state index in [0.29, 0.717) is 25.9 Å². The third kappa shape index (κ3) is 4.91. The van der Waals surface area contributed by atoms with Crippen molar-refractivity contribution in [3.63, 3.8) is 0 Å². The minimum atomic E-state index is -0.632. The lowest BCUT2D eigenvalue weighted by Gasteiger charge is -2.34. The van der Waals surface area contributed by atoms with E-state index in [9.17, 15) is 14.0 Å². The van der Waals surface area contributed by atoms with Crippen LogP contribution in [0.15, 0.2) is 18.5 Å². The van der Waals surface area contributed by atoms with Gasteiger partial charge in [0.2, 0.25) is 0 Å². The second-order valence-electron chi connectivity index (χ2n) is 6.77. The molecule has 6 nitrogen and oxygen atoms in total. The van der Waals surface area contributed by atoms with Crippen LogP contribution in [0.4, 0.5) is 9.18 Å². The number of nitrogens with one attached hydrogen (secondary N) is 2. The van der Waals surface area contributed by atoms with Crippen LogP contribution in [0.1, 0.15) is 44.0 Å². The minimum absolute atomic E-state index is 0.00657. The van der Waals surface area contributed by atoms with Crippen LogP contribution in [0, 0.1) is 5.82 Å². The van der Waals surface area contributed by atoms with E-state index in [0.717, 1.165) is 6.20 Å². The average Bonchev–Trinajstić information content (AvgIpc) is 2.46. The van der Waals surface area contributed by atoms with Crippen molar-refractivity contribution >= 4 is 11.9 Å². The Balaban J connectivity index is 1.84. The highest BCUT2D eigenvalue weighted by Crippen LogP contribution is 2.13. The smallest absolute Gasteiger partial charge is 0.317 e. The van der Waals surface area contributed by atoms with Crippen LogP contribution in [0.25, 0.3) is 0 Å². The van der Waals surface area contributed by atoms with E-state index >= 15 is 0 Å². The van der Waals surface area contributed by atoms with Crippen molar-refractivity contribution in [2.75, 3.05) is 13.1 Å². The Bertz CT molecular complexity index is 578. The van der Waals surface area contributed by atoms with Crippen LogP contribution < -0.4 is 10.6 Å². The lowest BCUT2D eigenvalue weighted by atomic mass is 10.0. The number of piperidine rings is 1. The van der Waals surface area contributed by atoms with Crippen molar-refractivity contribution < 1.29 is 14.0 Å². The zero-order valence-corrected chi connectivity index (χ0v) is 13.7. The van der Waals surface area contributed by atoms with E-state index in [1.807, 2.05) is 20.8 Å². The second-order valence-corrected chi connectivity index (χ2v) is 6.77. The van der Waals surface area contributed by atoms with E-state index in [1.54, 1.807) is 4.90 Å². The number of rotatable bonds is 2. The summed E-state index contributed by atoms with van der Waals surface area (Å²) in [5.41, 5.74) is -0.283. The highest BCUT2D eigenvalue weighted by atomic mass is 19.1. The van der Waals surface area contributed by atoms with Crippen molar-refractivity contribution in [3.8, 4) is 0 Å². The summed E-state index contributed by atoms with van der Waals surface area (Å²) in [4.78, 5) is 29.5. The molecule has 1 aliphatic heterocycles. The molecular formula is C16H23FN4O2. The van der Waals surface area contributed by atoms with Gasteiger partial charge in [0, 0.05) is 30.9 Å². The molecule has 0 aromatic carbocycles. The van der Waals surface area contributed by atoms with E-state index in [2.05, 4.69) is 15.6 Å². The molecule has 1 fully saturated rings. The molecule has 0 aliphatic carbocycles. The Hall–Kier alpha value is -2.18. The van der Waals surface area contributed by atoms with Gasteiger partial charge in [0.25, 0.3) is 5.91 Å². The number of hydrogen-bond donors (Lipinski definition) is 2. The summed E-state index contributed by atoms with van der Waals surface area (Å²) in [6, 6.07) is 1.20. The summed E-state index contributed by atoms with van der Waals surface area (Å²) in [6.45, 7) is 6.92. The van der Waals surface area contributed by atoms with Gasteiger partial charge in [-0.2, -0.15) is 0 Å². The Labute approximate surface area is 135 Å². The van der Waals surface area contributed by atoms with Gasteiger partial charge in [0.15, 0.2) is 5.82 Å². The molecule has 0 spiro atoms. The first-order valence-electron chi connectivity index (χ1n) is 7.74. The van der Waals surface area contributed by atoms with Gasteiger partial charge in [0.05, 0.1) is 11.8 Å². The highest BCUT2D eigenvalue weighted by molar-refractivity contribution is 5.94. The molecule has 1 saturated heterocycles. The zero-order valence-electron chi connectivity index (χ0n) is 13.7. The van der Waals surface area contributed by atoms with Crippen LogP contribution in [0.2, 0.25) is 0 Å². The number of carbonyl (C=O) groups is 2. The fourth-order valence-corrected chi connectivity index (χ4v) is 2.45. The molecule has 1 aliphatic rings. The monoisotopic (exact) mass is 322 g/mol. The molecule has 1 aromatic rings. The Morgan fingerprint density at radius 2 is 1.96 bits per heavy atom. The molecule has 0 unspecified atom stereocenters. The van der Waals surface area contributed by atoms with Gasteiger partial charge in [-0.15, -0.1) is 0 Å². The van der Waals surface area contributed by atoms with E-state index in [1.165, 1.54) is 12.3 Å². The predicted molar refractivity (Wildman–Crippen MR) is 84.5 cm³/mol. The number of hydrogen-bond acceptors (Lipinski definition) is 3. The Kier molecular flexibility index (Phi) is 5.18. The molecular weight excluding hydrogens is 299 g/mol. The maximum atomic E-state index is 13.5. The maximum Gasteiger partial charge on any atom is 0.317 e. The number of halogens is 1. The van der Waals surface area contributed by atoms with E-state index in [-0.39, 0.29) is 23.2 Å². The predicted octanol–water partition coefficient (Wildman–Crippen LogP) is 1.92. The van der Waals surface area contributed by atoms with Crippen LogP contribution in [0.3, 0.4) is 0 Å². The number of likely N-dealkylation sites (tertiary alicyclic amines) is 1. The Morgan fingerprint density at radius 3 is 2.52 bits per heavy atom. The van der Waals surface area contributed by atoms with Gasteiger partial charge in [-0.1, -0.05) is 0 Å². The lowest BCUT2D eigenvalue weighted by Crippen LogP contribution is -2.53. The molecule has 2 rings (SSSR count). The van der Waals surface area contributed by atoms with E-state index < -0.39 is 11.7 Å². The first-order valence-corrected chi connectivity index (χ1v) is 7.74. The SMILES string of the molecule is CC(C)(C)NC(=O)N1CCC(NC(=O)c2ccncc2F)CC1. The van der Waals surface area contributed by atoms with Gasteiger partial charge in [0.1, 0.15) is 0 Å². The van der Waals surface area contributed by atoms with Gasteiger partial charge in [-0.25, -0.2) is 9.18 Å². The van der Waals surface area contributed by atoms with Crippen LogP contribution >= 0.6 is 0 Å². The summed E-state index contributed by atoms with van der Waals surface area (Å²) in [7, 11) is 0. The summed E-state index contributed by atoms with van der Waals surface area (Å²) < 4.78 is 13.5. The first-order chi connectivity index (χ1) is 10.8. The van der Waals surface area contributed by atoms with Gasteiger partial charge in [-0.05, 0) is 39.7 Å². The van der Waals surface area contributed by atoms with Crippen LogP contribution in [0.5, 0.6) is 0 Å².